The molecule has 1 saturated carbocycles. The molecule has 1 aromatic carbocycles. The number of carbonyl (C=O) groups is 1. The number of hydrogen-bond acceptors (Lipinski definition) is 6. The number of benzene rings is 1. The number of rotatable bonds is 12. The zero-order valence-corrected chi connectivity index (χ0v) is 20.0. The fourth-order valence-corrected chi connectivity index (χ4v) is 4.02. The van der Waals surface area contributed by atoms with Gasteiger partial charge in [-0.05, 0) is 57.2 Å². The minimum absolute atomic E-state index is 0.0101. The zero-order valence-electron chi connectivity index (χ0n) is 20.0. The third kappa shape index (κ3) is 10.0. The fourth-order valence-electron chi connectivity index (χ4n) is 4.02. The first kappa shape index (κ1) is 28.9. The third-order valence-corrected chi connectivity index (χ3v) is 5.75. The van der Waals surface area contributed by atoms with E-state index in [2.05, 4.69) is 0 Å². The van der Waals surface area contributed by atoms with Crippen molar-refractivity contribution in [3.8, 4) is 5.75 Å². The lowest BCUT2D eigenvalue weighted by atomic mass is 9.89. The van der Waals surface area contributed by atoms with E-state index in [1.54, 1.807) is 19.9 Å². The van der Waals surface area contributed by atoms with E-state index < -0.39 is 30.1 Å². The van der Waals surface area contributed by atoms with Crippen molar-refractivity contribution in [3.63, 3.8) is 0 Å². The zero-order chi connectivity index (χ0) is 26.0. The second-order valence-corrected chi connectivity index (χ2v) is 9.04. The molecular weight excluding hydrogens is 465 g/mol. The van der Waals surface area contributed by atoms with Gasteiger partial charge in [0.15, 0.2) is 0 Å². The summed E-state index contributed by atoms with van der Waals surface area (Å²) in [5.74, 6) is -0.883. The van der Waals surface area contributed by atoms with Gasteiger partial charge in [0.25, 0.3) is 0 Å². The lowest BCUT2D eigenvalue weighted by Crippen LogP contribution is -2.21. The number of alkyl halides is 3. The summed E-state index contributed by atoms with van der Waals surface area (Å²) in [7, 11) is 0. The van der Waals surface area contributed by atoms with Gasteiger partial charge in [-0.1, -0.05) is 30.4 Å². The smallest absolute Gasteiger partial charge is 0.416 e. The van der Waals surface area contributed by atoms with Gasteiger partial charge in [-0.2, -0.15) is 13.2 Å². The summed E-state index contributed by atoms with van der Waals surface area (Å²) in [5.41, 5.74) is -0.838. The van der Waals surface area contributed by atoms with Gasteiger partial charge in [0, 0.05) is 18.8 Å². The van der Waals surface area contributed by atoms with Crippen LogP contribution in [0.15, 0.2) is 48.6 Å². The predicted octanol–water partition coefficient (Wildman–Crippen LogP) is 4.43. The largest absolute Gasteiger partial charge is 0.491 e. The van der Waals surface area contributed by atoms with Crippen LogP contribution in [0.4, 0.5) is 13.2 Å². The van der Waals surface area contributed by atoms with Crippen LogP contribution in [0.2, 0.25) is 0 Å². The van der Waals surface area contributed by atoms with Crippen molar-refractivity contribution < 1.29 is 42.8 Å². The number of ether oxygens (including phenoxy) is 2. The molecule has 2 rings (SSSR count). The maximum atomic E-state index is 12.8. The summed E-state index contributed by atoms with van der Waals surface area (Å²) in [6.45, 7) is 3.34. The standard InChI is InChI=1S/C26H35F3O6/c1-17(2)35-25(33)11-6-4-3-5-10-21-22(24(32)15-23(21)31)13-12-19(30)16-34-20-9-7-8-18(14-20)26(27,28)29/h3,5,7-9,12-14,17,19,21-24,30-32H,4,6,10-11,15-16H2,1-2H3/b5-3+,13-12+/t19-,21-,22-,23+,24-/m1/s1. The van der Waals surface area contributed by atoms with E-state index in [-0.39, 0.29) is 42.7 Å². The third-order valence-electron chi connectivity index (χ3n) is 5.75. The van der Waals surface area contributed by atoms with Crippen molar-refractivity contribution in [2.75, 3.05) is 6.61 Å². The molecule has 0 unspecified atom stereocenters. The minimum atomic E-state index is -4.49. The van der Waals surface area contributed by atoms with Crippen LogP contribution in [0.5, 0.6) is 5.75 Å². The van der Waals surface area contributed by atoms with Gasteiger partial charge >= 0.3 is 12.1 Å². The molecule has 0 bridgehead atoms. The summed E-state index contributed by atoms with van der Waals surface area (Å²) < 4.78 is 48.8. The SMILES string of the molecule is CC(C)OC(=O)CCC/C=C/C[C@@H]1[C@@H](/C=C/[C@@H](O)COc2cccc(C(F)(F)F)c2)[C@H](O)C[C@@H]1O. The van der Waals surface area contributed by atoms with Crippen molar-refractivity contribution in [1.82, 2.24) is 0 Å². The fraction of sp³-hybridized carbons (Fsp3) is 0.577. The Balaban J connectivity index is 1.82. The number of halogens is 3. The van der Waals surface area contributed by atoms with Crippen LogP contribution in [0.1, 0.15) is 51.5 Å². The molecule has 1 aliphatic rings. The van der Waals surface area contributed by atoms with Crippen LogP contribution < -0.4 is 4.74 Å². The number of hydrogen-bond donors (Lipinski definition) is 3. The van der Waals surface area contributed by atoms with Crippen molar-refractivity contribution in [1.29, 1.82) is 0 Å². The molecule has 0 saturated heterocycles. The Kier molecular flexibility index (Phi) is 11.3. The Bertz CT molecular complexity index is 852. The number of esters is 1. The van der Waals surface area contributed by atoms with Gasteiger partial charge in [0.05, 0.1) is 23.9 Å². The van der Waals surface area contributed by atoms with Crippen LogP contribution in [-0.2, 0) is 15.7 Å². The summed E-state index contributed by atoms with van der Waals surface area (Å²) in [6, 6.07) is 4.40. The first-order valence-corrected chi connectivity index (χ1v) is 11.8. The first-order valence-electron chi connectivity index (χ1n) is 11.8. The van der Waals surface area contributed by atoms with Crippen LogP contribution in [0.3, 0.4) is 0 Å². The molecule has 0 heterocycles. The first-order chi connectivity index (χ1) is 16.5. The van der Waals surface area contributed by atoms with Crippen LogP contribution in [-0.4, -0.2) is 52.3 Å². The summed E-state index contributed by atoms with van der Waals surface area (Å²) in [6.07, 6.45) is 2.09. The van der Waals surface area contributed by atoms with Crippen molar-refractivity contribution in [2.45, 2.75) is 76.5 Å². The van der Waals surface area contributed by atoms with Crippen molar-refractivity contribution in [2.24, 2.45) is 11.8 Å². The van der Waals surface area contributed by atoms with Gasteiger partial charge in [0.1, 0.15) is 18.5 Å². The number of unbranched alkanes of at least 4 members (excludes halogenated alkanes) is 1. The molecule has 196 valence electrons. The van der Waals surface area contributed by atoms with Gasteiger partial charge in [-0.25, -0.2) is 0 Å². The minimum Gasteiger partial charge on any atom is -0.491 e. The molecule has 35 heavy (non-hydrogen) atoms. The maximum Gasteiger partial charge on any atom is 0.416 e. The van der Waals surface area contributed by atoms with Gasteiger partial charge in [0.2, 0.25) is 0 Å². The van der Waals surface area contributed by atoms with Crippen molar-refractivity contribution >= 4 is 5.97 Å². The molecule has 0 amide bonds. The monoisotopic (exact) mass is 500 g/mol. The average Bonchev–Trinajstić information content (AvgIpc) is 3.04. The summed E-state index contributed by atoms with van der Waals surface area (Å²) >= 11 is 0. The second-order valence-electron chi connectivity index (χ2n) is 9.04. The summed E-state index contributed by atoms with van der Waals surface area (Å²) in [5, 5.41) is 30.8. The lowest BCUT2D eigenvalue weighted by molar-refractivity contribution is -0.147. The second kappa shape index (κ2) is 13.7. The van der Waals surface area contributed by atoms with E-state index in [1.807, 2.05) is 12.2 Å². The molecular formula is C26H35F3O6. The quantitative estimate of drug-likeness (QED) is 0.223. The molecule has 0 aliphatic heterocycles. The number of aliphatic hydroxyl groups is 3. The van der Waals surface area contributed by atoms with Gasteiger partial charge in [-0.15, -0.1) is 0 Å². The van der Waals surface area contributed by atoms with E-state index in [4.69, 9.17) is 9.47 Å². The number of allylic oxidation sites excluding steroid dienone is 2. The summed E-state index contributed by atoms with van der Waals surface area (Å²) in [4.78, 5) is 11.5. The van der Waals surface area contributed by atoms with E-state index in [9.17, 15) is 33.3 Å². The average molecular weight is 501 g/mol. The number of aliphatic hydroxyl groups excluding tert-OH is 3. The molecule has 0 spiro atoms. The lowest BCUT2D eigenvalue weighted by Gasteiger charge is -2.19. The molecule has 6 nitrogen and oxygen atoms in total. The van der Waals surface area contributed by atoms with Gasteiger partial charge < -0.3 is 24.8 Å². The highest BCUT2D eigenvalue weighted by Crippen LogP contribution is 2.36. The molecule has 1 fully saturated rings. The molecule has 1 aliphatic carbocycles. The Labute approximate surface area is 204 Å². The van der Waals surface area contributed by atoms with E-state index in [1.165, 1.54) is 18.2 Å². The maximum absolute atomic E-state index is 12.8. The predicted molar refractivity (Wildman–Crippen MR) is 125 cm³/mol. The highest BCUT2D eigenvalue weighted by atomic mass is 19.4. The van der Waals surface area contributed by atoms with Crippen LogP contribution in [0.25, 0.3) is 0 Å². The Hall–Kier alpha value is -2.36. The van der Waals surface area contributed by atoms with E-state index in [0.717, 1.165) is 12.1 Å². The van der Waals surface area contributed by atoms with Crippen LogP contribution >= 0.6 is 0 Å². The Morgan fingerprint density at radius 2 is 1.94 bits per heavy atom. The molecule has 3 N–H and O–H groups in total. The topological polar surface area (TPSA) is 96.2 Å². The normalized spacial score (nSPS) is 23.9. The Morgan fingerprint density at radius 3 is 2.63 bits per heavy atom. The highest BCUT2D eigenvalue weighted by molar-refractivity contribution is 5.69. The number of carbonyl (C=O) groups excluding carboxylic acids is 1. The molecule has 0 radical (unpaired) electrons. The van der Waals surface area contributed by atoms with Gasteiger partial charge in [-0.3, -0.25) is 4.79 Å². The molecule has 9 heteroatoms. The molecule has 0 aromatic heterocycles. The van der Waals surface area contributed by atoms with E-state index in [0.29, 0.717) is 25.7 Å². The Morgan fingerprint density at radius 1 is 1.20 bits per heavy atom. The highest BCUT2D eigenvalue weighted by Gasteiger charge is 2.39. The van der Waals surface area contributed by atoms with Crippen molar-refractivity contribution in [3.05, 3.63) is 54.1 Å². The van der Waals surface area contributed by atoms with E-state index >= 15 is 0 Å². The molecule has 5 atom stereocenters. The molecule has 1 aromatic rings. The van der Waals surface area contributed by atoms with Crippen LogP contribution in [0, 0.1) is 11.8 Å².